The second kappa shape index (κ2) is 11.3. The van der Waals surface area contributed by atoms with Crippen LogP contribution in [0.1, 0.15) is 26.2 Å². The normalized spacial score (nSPS) is 21.2. The molecule has 2 aromatic heterocycles. The SMILES string of the molecule is CC1=CC=C(NC(=O)C2=CC=C(CN3CCN(C)CC3)CC2)CC1Nc1nc(-c2cccnc2)cs1. The summed E-state index contributed by atoms with van der Waals surface area (Å²) in [5.41, 5.74) is 6.35. The van der Waals surface area contributed by atoms with Crippen LogP contribution in [0.15, 0.2) is 76.6 Å². The Bertz CT molecular complexity index is 1200. The molecule has 7 nitrogen and oxygen atoms in total. The van der Waals surface area contributed by atoms with Gasteiger partial charge in [0.2, 0.25) is 0 Å². The van der Waals surface area contributed by atoms with Crippen molar-refractivity contribution in [2.24, 2.45) is 0 Å². The number of hydrogen-bond donors (Lipinski definition) is 2. The van der Waals surface area contributed by atoms with E-state index >= 15 is 0 Å². The number of piperazine rings is 1. The summed E-state index contributed by atoms with van der Waals surface area (Å²) in [7, 11) is 2.18. The Morgan fingerprint density at radius 3 is 2.75 bits per heavy atom. The van der Waals surface area contributed by atoms with Crippen LogP contribution in [0.2, 0.25) is 0 Å². The van der Waals surface area contributed by atoms with E-state index in [2.05, 4.69) is 51.5 Å². The van der Waals surface area contributed by atoms with Gasteiger partial charge in [-0.3, -0.25) is 14.7 Å². The summed E-state index contributed by atoms with van der Waals surface area (Å²) >= 11 is 1.59. The third-order valence-corrected chi connectivity index (χ3v) is 7.88. The second-order valence-electron chi connectivity index (χ2n) is 9.83. The van der Waals surface area contributed by atoms with Gasteiger partial charge < -0.3 is 15.5 Å². The molecule has 1 fully saturated rings. The maximum atomic E-state index is 13.0. The molecule has 0 bridgehead atoms. The molecule has 188 valence electrons. The minimum atomic E-state index is 0.0102. The minimum Gasteiger partial charge on any atom is -0.355 e. The molecule has 1 amide bonds. The van der Waals surface area contributed by atoms with Crippen LogP contribution in [0.3, 0.4) is 0 Å². The molecular weight excluding hydrogens is 468 g/mol. The van der Waals surface area contributed by atoms with Crippen LogP contribution in [-0.2, 0) is 4.79 Å². The molecule has 3 heterocycles. The molecule has 2 aliphatic carbocycles. The van der Waals surface area contributed by atoms with Gasteiger partial charge in [-0.15, -0.1) is 11.3 Å². The number of hydrogen-bond acceptors (Lipinski definition) is 7. The van der Waals surface area contributed by atoms with Gasteiger partial charge in [-0.1, -0.05) is 29.4 Å². The topological polar surface area (TPSA) is 73.4 Å². The average molecular weight is 503 g/mol. The van der Waals surface area contributed by atoms with Crippen LogP contribution in [0.25, 0.3) is 11.3 Å². The Morgan fingerprint density at radius 2 is 2.00 bits per heavy atom. The lowest BCUT2D eigenvalue weighted by atomic mass is 9.95. The Balaban J connectivity index is 1.15. The zero-order valence-electron chi connectivity index (χ0n) is 21.0. The van der Waals surface area contributed by atoms with Crippen LogP contribution in [0.5, 0.6) is 0 Å². The molecule has 36 heavy (non-hydrogen) atoms. The molecule has 2 N–H and O–H groups in total. The number of amides is 1. The third kappa shape index (κ3) is 6.19. The molecular formula is C28H34N6OS. The first kappa shape index (κ1) is 24.6. The van der Waals surface area contributed by atoms with E-state index in [1.54, 1.807) is 17.5 Å². The number of nitrogens with one attached hydrogen (secondary N) is 2. The van der Waals surface area contributed by atoms with E-state index in [1.165, 1.54) is 11.1 Å². The van der Waals surface area contributed by atoms with E-state index in [1.807, 2.05) is 35.9 Å². The highest BCUT2D eigenvalue weighted by Gasteiger charge is 2.22. The molecule has 1 aliphatic heterocycles. The summed E-state index contributed by atoms with van der Waals surface area (Å²) < 4.78 is 0. The summed E-state index contributed by atoms with van der Waals surface area (Å²) in [6.07, 6.45) is 14.3. The van der Waals surface area contributed by atoms with Crippen LogP contribution < -0.4 is 10.6 Å². The van der Waals surface area contributed by atoms with Crippen LogP contribution in [0.4, 0.5) is 5.13 Å². The highest BCUT2D eigenvalue weighted by molar-refractivity contribution is 7.14. The number of thiazole rings is 1. The van der Waals surface area contributed by atoms with Crippen molar-refractivity contribution in [1.29, 1.82) is 0 Å². The second-order valence-corrected chi connectivity index (χ2v) is 10.7. The highest BCUT2D eigenvalue weighted by atomic mass is 32.1. The van der Waals surface area contributed by atoms with E-state index in [-0.39, 0.29) is 11.9 Å². The van der Waals surface area contributed by atoms with Gasteiger partial charge in [-0.25, -0.2) is 4.98 Å². The molecule has 3 aliphatic rings. The van der Waals surface area contributed by atoms with Crippen molar-refractivity contribution >= 4 is 22.4 Å². The van der Waals surface area contributed by atoms with Crippen LogP contribution in [0, 0.1) is 0 Å². The fourth-order valence-electron chi connectivity index (χ4n) is 4.71. The van der Waals surface area contributed by atoms with Crippen molar-refractivity contribution in [2.45, 2.75) is 32.2 Å². The molecule has 1 unspecified atom stereocenters. The average Bonchev–Trinajstić information content (AvgIpc) is 3.37. The molecule has 8 heteroatoms. The highest BCUT2D eigenvalue weighted by Crippen LogP contribution is 2.28. The number of carbonyl (C=O) groups excluding carboxylic acids is 1. The largest absolute Gasteiger partial charge is 0.355 e. The molecule has 1 atom stereocenters. The Morgan fingerprint density at radius 1 is 1.14 bits per heavy atom. The Hall–Kier alpha value is -3.07. The number of pyridine rings is 1. The number of anilines is 1. The monoisotopic (exact) mass is 502 g/mol. The van der Waals surface area contributed by atoms with E-state index in [0.29, 0.717) is 6.42 Å². The van der Waals surface area contributed by atoms with E-state index < -0.39 is 0 Å². The van der Waals surface area contributed by atoms with Gasteiger partial charge >= 0.3 is 0 Å². The van der Waals surface area contributed by atoms with Gasteiger partial charge in [0.05, 0.1) is 11.7 Å². The Labute approximate surface area is 217 Å². The summed E-state index contributed by atoms with van der Waals surface area (Å²) in [5.74, 6) is 0.0102. The predicted octanol–water partition coefficient (Wildman–Crippen LogP) is 4.23. The lowest BCUT2D eigenvalue weighted by Gasteiger charge is -2.33. The third-order valence-electron chi connectivity index (χ3n) is 7.10. The smallest absolute Gasteiger partial charge is 0.251 e. The lowest BCUT2D eigenvalue weighted by Crippen LogP contribution is -2.45. The fraction of sp³-hybridized carbons (Fsp3) is 0.393. The summed E-state index contributed by atoms with van der Waals surface area (Å²) in [5, 5.41) is 9.61. The number of nitrogens with zero attached hydrogens (tertiary/aromatic N) is 4. The summed E-state index contributed by atoms with van der Waals surface area (Å²) in [6, 6.07) is 4.02. The van der Waals surface area contributed by atoms with Crippen molar-refractivity contribution in [2.75, 3.05) is 45.1 Å². The standard InChI is InChI=1S/C28H34N6OS/c1-20-5-10-24(16-25(20)31-28-32-26(19-36-28)23-4-3-11-29-17-23)30-27(35)22-8-6-21(7-9-22)18-34-14-12-33(2)13-15-34/h3-6,8,10-11,17,19,25H,7,9,12-16,18H2,1-2H3,(H,30,35)(H,31,32). The van der Waals surface area contributed by atoms with Crippen molar-refractivity contribution in [3.63, 3.8) is 0 Å². The fourth-order valence-corrected chi connectivity index (χ4v) is 5.48. The van der Waals surface area contributed by atoms with E-state index in [0.717, 1.165) is 73.2 Å². The maximum absolute atomic E-state index is 13.0. The van der Waals surface area contributed by atoms with Gasteiger partial charge in [-0.2, -0.15) is 0 Å². The summed E-state index contributed by atoms with van der Waals surface area (Å²) in [4.78, 5) is 26.8. The van der Waals surface area contributed by atoms with E-state index in [4.69, 9.17) is 4.98 Å². The summed E-state index contributed by atoms with van der Waals surface area (Å²) in [6.45, 7) is 7.62. The quantitative estimate of drug-likeness (QED) is 0.590. The molecule has 0 aromatic carbocycles. The van der Waals surface area contributed by atoms with Gasteiger partial charge in [0.15, 0.2) is 5.13 Å². The van der Waals surface area contributed by atoms with Crippen molar-refractivity contribution in [3.05, 3.63) is 76.6 Å². The molecule has 0 radical (unpaired) electrons. The van der Waals surface area contributed by atoms with Gasteiger partial charge in [0.25, 0.3) is 5.91 Å². The number of aromatic nitrogens is 2. The first-order valence-electron chi connectivity index (χ1n) is 12.6. The predicted molar refractivity (Wildman–Crippen MR) is 147 cm³/mol. The van der Waals surface area contributed by atoms with Crippen LogP contribution in [-0.4, -0.2) is 71.5 Å². The lowest BCUT2D eigenvalue weighted by molar-refractivity contribution is -0.117. The van der Waals surface area contributed by atoms with Gasteiger partial charge in [0.1, 0.15) is 0 Å². The van der Waals surface area contributed by atoms with Gasteiger partial charge in [-0.05, 0) is 45.0 Å². The van der Waals surface area contributed by atoms with Crippen molar-refractivity contribution in [1.82, 2.24) is 25.1 Å². The first-order valence-corrected chi connectivity index (χ1v) is 13.5. The van der Waals surface area contributed by atoms with Crippen molar-refractivity contribution in [3.8, 4) is 11.3 Å². The molecule has 0 saturated carbocycles. The molecule has 1 saturated heterocycles. The Kier molecular flexibility index (Phi) is 7.75. The number of likely N-dealkylation sites (N-methyl/N-ethyl adjacent to an activating group) is 1. The zero-order valence-corrected chi connectivity index (χ0v) is 21.9. The minimum absolute atomic E-state index is 0.0102. The van der Waals surface area contributed by atoms with Gasteiger partial charge in [0, 0.05) is 73.8 Å². The number of carbonyl (C=O) groups is 1. The number of rotatable bonds is 7. The number of allylic oxidation sites excluding steroid dienone is 4. The molecule has 2 aromatic rings. The molecule has 5 rings (SSSR count). The van der Waals surface area contributed by atoms with Crippen molar-refractivity contribution < 1.29 is 4.79 Å². The maximum Gasteiger partial charge on any atom is 0.251 e. The van der Waals surface area contributed by atoms with Crippen LogP contribution >= 0.6 is 11.3 Å². The molecule has 0 spiro atoms. The van der Waals surface area contributed by atoms with E-state index in [9.17, 15) is 4.79 Å². The zero-order chi connectivity index (χ0) is 24.9. The first-order chi connectivity index (χ1) is 17.5.